The van der Waals surface area contributed by atoms with Crippen LogP contribution in [0.2, 0.25) is 0 Å². The molecule has 0 aliphatic carbocycles. The number of nitrogens with zero attached hydrogens (tertiary/aromatic N) is 2. The van der Waals surface area contributed by atoms with Crippen LogP contribution in [-0.2, 0) is 6.54 Å². The zero-order chi connectivity index (χ0) is 15.6. The van der Waals surface area contributed by atoms with Crippen molar-refractivity contribution in [2.75, 3.05) is 0 Å². The highest BCUT2D eigenvalue weighted by Crippen LogP contribution is 2.28. The fourth-order valence-corrected chi connectivity index (χ4v) is 1.99. The van der Waals surface area contributed by atoms with E-state index in [0.717, 1.165) is 18.6 Å². The highest BCUT2D eigenvalue weighted by molar-refractivity contribution is 5.94. The predicted octanol–water partition coefficient (Wildman–Crippen LogP) is 3.57. The Morgan fingerprint density at radius 1 is 1.33 bits per heavy atom. The van der Waals surface area contributed by atoms with E-state index in [-0.39, 0.29) is 11.3 Å². The van der Waals surface area contributed by atoms with Crippen LogP contribution in [0.15, 0.2) is 24.4 Å². The Hall–Kier alpha value is -2.24. The van der Waals surface area contributed by atoms with Crippen LogP contribution in [0, 0.1) is 17.6 Å². The van der Waals surface area contributed by atoms with E-state index in [9.17, 15) is 18.7 Å². The number of aromatic nitrogens is 2. The third kappa shape index (κ3) is 3.26. The molecule has 0 fully saturated rings. The highest BCUT2D eigenvalue weighted by atomic mass is 19.1. The SMILES string of the molecule is CC(C)CCn1cc(C(=O)O)c(-c2c(F)cccc2F)n1. The smallest absolute Gasteiger partial charge is 0.339 e. The summed E-state index contributed by atoms with van der Waals surface area (Å²) in [7, 11) is 0. The number of hydrogen-bond acceptors (Lipinski definition) is 2. The summed E-state index contributed by atoms with van der Waals surface area (Å²) in [5.41, 5.74) is -0.789. The summed E-state index contributed by atoms with van der Waals surface area (Å²) in [6, 6.07) is 3.39. The molecule has 21 heavy (non-hydrogen) atoms. The van der Waals surface area contributed by atoms with Crippen molar-refractivity contribution < 1.29 is 18.7 Å². The lowest BCUT2D eigenvalue weighted by Gasteiger charge is -2.04. The fourth-order valence-electron chi connectivity index (χ4n) is 1.99. The first kappa shape index (κ1) is 15.2. The molecule has 0 unspecified atom stereocenters. The van der Waals surface area contributed by atoms with Crippen molar-refractivity contribution in [1.82, 2.24) is 9.78 Å². The third-order valence-corrected chi connectivity index (χ3v) is 3.13. The van der Waals surface area contributed by atoms with Gasteiger partial charge in [-0.1, -0.05) is 19.9 Å². The summed E-state index contributed by atoms with van der Waals surface area (Å²) in [6.07, 6.45) is 2.10. The molecule has 1 aromatic heterocycles. The Balaban J connectivity index is 2.49. The number of aryl methyl sites for hydroxylation is 1. The third-order valence-electron chi connectivity index (χ3n) is 3.13. The second-order valence-electron chi connectivity index (χ2n) is 5.24. The van der Waals surface area contributed by atoms with Crippen molar-refractivity contribution >= 4 is 5.97 Å². The zero-order valence-corrected chi connectivity index (χ0v) is 11.8. The van der Waals surface area contributed by atoms with E-state index in [0.29, 0.717) is 12.5 Å². The quantitative estimate of drug-likeness (QED) is 0.917. The number of rotatable bonds is 5. The van der Waals surface area contributed by atoms with Crippen LogP contribution in [0.25, 0.3) is 11.3 Å². The van der Waals surface area contributed by atoms with Crippen molar-refractivity contribution in [1.29, 1.82) is 0 Å². The molecule has 0 spiro atoms. The molecular weight excluding hydrogens is 278 g/mol. The minimum Gasteiger partial charge on any atom is -0.478 e. The van der Waals surface area contributed by atoms with Crippen LogP contribution in [0.4, 0.5) is 8.78 Å². The maximum Gasteiger partial charge on any atom is 0.339 e. The molecule has 0 saturated heterocycles. The van der Waals surface area contributed by atoms with Crippen molar-refractivity contribution in [2.24, 2.45) is 5.92 Å². The molecule has 0 atom stereocenters. The van der Waals surface area contributed by atoms with Gasteiger partial charge in [0.2, 0.25) is 0 Å². The average molecular weight is 294 g/mol. The summed E-state index contributed by atoms with van der Waals surface area (Å²) >= 11 is 0. The number of carbonyl (C=O) groups is 1. The van der Waals surface area contributed by atoms with Crippen LogP contribution < -0.4 is 0 Å². The van der Waals surface area contributed by atoms with E-state index in [1.165, 1.54) is 16.9 Å². The van der Waals surface area contributed by atoms with E-state index in [4.69, 9.17) is 0 Å². The first-order valence-electron chi connectivity index (χ1n) is 6.65. The van der Waals surface area contributed by atoms with Gasteiger partial charge in [-0.2, -0.15) is 5.10 Å². The number of carboxylic acid groups (broad SMARTS) is 1. The first-order valence-corrected chi connectivity index (χ1v) is 6.65. The Labute approximate surface area is 121 Å². The summed E-state index contributed by atoms with van der Waals surface area (Å²) in [5, 5.41) is 13.3. The zero-order valence-electron chi connectivity index (χ0n) is 11.8. The van der Waals surface area contributed by atoms with Gasteiger partial charge in [0.05, 0.1) is 5.56 Å². The molecule has 2 rings (SSSR count). The largest absolute Gasteiger partial charge is 0.478 e. The Bertz CT molecular complexity index is 645. The topological polar surface area (TPSA) is 55.1 Å². The van der Waals surface area contributed by atoms with Gasteiger partial charge in [0, 0.05) is 12.7 Å². The van der Waals surface area contributed by atoms with Crippen LogP contribution >= 0.6 is 0 Å². The molecule has 0 bridgehead atoms. The number of halogens is 2. The maximum absolute atomic E-state index is 13.8. The van der Waals surface area contributed by atoms with Crippen LogP contribution in [0.3, 0.4) is 0 Å². The molecule has 0 aliphatic heterocycles. The Morgan fingerprint density at radius 3 is 2.48 bits per heavy atom. The molecule has 0 amide bonds. The minimum atomic E-state index is -1.26. The summed E-state index contributed by atoms with van der Waals surface area (Å²) in [4.78, 5) is 11.3. The van der Waals surface area contributed by atoms with E-state index in [1.54, 1.807) is 0 Å². The van der Waals surface area contributed by atoms with Gasteiger partial charge >= 0.3 is 5.97 Å². The standard InChI is InChI=1S/C15H16F2N2O2/c1-9(2)6-7-19-8-10(15(20)21)14(18-19)13-11(16)4-3-5-12(13)17/h3-5,8-9H,6-7H2,1-2H3,(H,20,21). The van der Waals surface area contributed by atoms with Crippen molar-refractivity contribution in [3.05, 3.63) is 41.6 Å². The van der Waals surface area contributed by atoms with Crippen molar-refractivity contribution in [3.8, 4) is 11.3 Å². The predicted molar refractivity (Wildman–Crippen MR) is 74.0 cm³/mol. The Kier molecular flexibility index (Phi) is 4.35. The van der Waals surface area contributed by atoms with Crippen LogP contribution in [0.5, 0.6) is 0 Å². The lowest BCUT2D eigenvalue weighted by Crippen LogP contribution is -2.02. The van der Waals surface area contributed by atoms with Gasteiger partial charge in [-0.25, -0.2) is 13.6 Å². The normalized spacial score (nSPS) is 11.1. The molecule has 6 heteroatoms. The second kappa shape index (κ2) is 6.03. The van der Waals surface area contributed by atoms with Gasteiger partial charge in [0.15, 0.2) is 0 Å². The molecule has 112 valence electrons. The van der Waals surface area contributed by atoms with Gasteiger partial charge in [-0.15, -0.1) is 0 Å². The molecule has 1 heterocycles. The lowest BCUT2D eigenvalue weighted by atomic mass is 10.1. The molecule has 1 N–H and O–H groups in total. The van der Waals surface area contributed by atoms with Gasteiger partial charge in [-0.3, -0.25) is 4.68 Å². The van der Waals surface area contributed by atoms with E-state index in [2.05, 4.69) is 5.10 Å². The number of aromatic carboxylic acids is 1. The lowest BCUT2D eigenvalue weighted by molar-refractivity contribution is 0.0697. The monoisotopic (exact) mass is 294 g/mol. The van der Waals surface area contributed by atoms with E-state index in [1.807, 2.05) is 13.8 Å². The van der Waals surface area contributed by atoms with Gasteiger partial charge in [0.1, 0.15) is 22.9 Å². The number of carboxylic acids is 1. The molecule has 0 radical (unpaired) electrons. The molecule has 1 aromatic carbocycles. The molecule has 4 nitrogen and oxygen atoms in total. The van der Waals surface area contributed by atoms with Gasteiger partial charge in [0.25, 0.3) is 0 Å². The van der Waals surface area contributed by atoms with Crippen LogP contribution in [-0.4, -0.2) is 20.9 Å². The van der Waals surface area contributed by atoms with Gasteiger partial charge < -0.3 is 5.11 Å². The number of benzene rings is 1. The van der Waals surface area contributed by atoms with E-state index >= 15 is 0 Å². The summed E-state index contributed by atoms with van der Waals surface area (Å²) in [5.74, 6) is -2.50. The Morgan fingerprint density at radius 2 is 1.95 bits per heavy atom. The highest BCUT2D eigenvalue weighted by Gasteiger charge is 2.22. The maximum atomic E-state index is 13.8. The fraction of sp³-hybridized carbons (Fsp3) is 0.333. The molecule has 2 aromatic rings. The first-order chi connectivity index (χ1) is 9.90. The summed E-state index contributed by atoms with van der Waals surface area (Å²) < 4.78 is 29.1. The molecule has 0 aliphatic rings. The summed E-state index contributed by atoms with van der Waals surface area (Å²) in [6.45, 7) is 4.55. The van der Waals surface area contributed by atoms with Crippen LogP contribution in [0.1, 0.15) is 30.6 Å². The van der Waals surface area contributed by atoms with Crippen molar-refractivity contribution in [2.45, 2.75) is 26.8 Å². The van der Waals surface area contributed by atoms with Gasteiger partial charge in [-0.05, 0) is 24.5 Å². The molecule has 0 saturated carbocycles. The molecular formula is C15H16F2N2O2. The minimum absolute atomic E-state index is 0.179. The second-order valence-corrected chi connectivity index (χ2v) is 5.24. The van der Waals surface area contributed by atoms with Crippen molar-refractivity contribution in [3.63, 3.8) is 0 Å². The van der Waals surface area contributed by atoms with E-state index < -0.39 is 23.2 Å². The number of hydrogen-bond donors (Lipinski definition) is 1. The average Bonchev–Trinajstić information content (AvgIpc) is 2.80.